The van der Waals surface area contributed by atoms with Crippen molar-refractivity contribution in [2.75, 3.05) is 0 Å². The molecular weight excluding hydrogens is 308 g/mol. The minimum Gasteiger partial charge on any atom is -0.393 e. The average Bonchev–Trinajstić information content (AvgIpc) is 2.89. The van der Waals surface area contributed by atoms with Crippen LogP contribution in [0, 0.1) is 35.0 Å². The average molecular weight is 345 g/mol. The van der Waals surface area contributed by atoms with Crippen LogP contribution in [0.3, 0.4) is 0 Å². The van der Waals surface area contributed by atoms with Gasteiger partial charge in [-0.15, -0.1) is 6.58 Å². The summed E-state index contributed by atoms with van der Waals surface area (Å²) in [5.41, 5.74) is 0.770. The Balaban J connectivity index is 1.41. The van der Waals surface area contributed by atoms with Gasteiger partial charge in [-0.05, 0) is 100 Å². The van der Waals surface area contributed by atoms with Crippen LogP contribution < -0.4 is 0 Å². The van der Waals surface area contributed by atoms with Crippen molar-refractivity contribution in [1.29, 1.82) is 0 Å². The zero-order valence-corrected chi connectivity index (χ0v) is 16.2. The van der Waals surface area contributed by atoms with E-state index in [4.69, 9.17) is 4.74 Å². The summed E-state index contributed by atoms with van der Waals surface area (Å²) in [6, 6.07) is 0. The van der Waals surface area contributed by atoms with Crippen molar-refractivity contribution in [3.63, 3.8) is 0 Å². The van der Waals surface area contributed by atoms with Gasteiger partial charge in [-0.1, -0.05) is 13.0 Å². The Morgan fingerprint density at radius 1 is 1.04 bits per heavy atom. The third kappa shape index (κ3) is 2.05. The number of rotatable bonds is 2. The van der Waals surface area contributed by atoms with Crippen LogP contribution in [0.4, 0.5) is 0 Å². The van der Waals surface area contributed by atoms with Crippen molar-refractivity contribution < 1.29 is 9.84 Å². The highest BCUT2D eigenvalue weighted by molar-refractivity contribution is 5.21. The minimum atomic E-state index is -0.0324. The highest BCUT2D eigenvalue weighted by Crippen LogP contribution is 2.71. The van der Waals surface area contributed by atoms with Crippen LogP contribution in [0.15, 0.2) is 12.7 Å². The summed E-state index contributed by atoms with van der Waals surface area (Å²) in [4.78, 5) is 0. The van der Waals surface area contributed by atoms with Gasteiger partial charge < -0.3 is 9.84 Å². The molecule has 2 nitrogen and oxygen atoms in total. The molecule has 5 aliphatic rings. The van der Waals surface area contributed by atoms with Crippen LogP contribution in [0.2, 0.25) is 0 Å². The smallest absolute Gasteiger partial charge is 0.0776 e. The summed E-state index contributed by atoms with van der Waals surface area (Å²) in [5.74, 6) is 4.09. The fourth-order valence-corrected chi connectivity index (χ4v) is 8.79. The largest absolute Gasteiger partial charge is 0.393 e. The van der Waals surface area contributed by atoms with Gasteiger partial charge >= 0.3 is 0 Å². The Bertz CT molecular complexity index is 572. The summed E-state index contributed by atoms with van der Waals surface area (Å²) in [7, 11) is 0. The Kier molecular flexibility index (Phi) is 3.60. The van der Waals surface area contributed by atoms with E-state index in [1.54, 1.807) is 0 Å². The van der Waals surface area contributed by atoms with Crippen LogP contribution in [-0.4, -0.2) is 22.4 Å². The molecule has 0 aromatic heterocycles. The maximum absolute atomic E-state index is 10.2. The third-order valence-corrected chi connectivity index (χ3v) is 9.77. The third-order valence-electron chi connectivity index (χ3n) is 9.77. The SMILES string of the molecule is C=CCC1(C)O[C@]23CC[C@H]4[C@@H](CC[C@H]5C[C@H](O)CC[C@@]54C)[C@@H]2CC[C@H]13. The van der Waals surface area contributed by atoms with Crippen molar-refractivity contribution in [3.8, 4) is 0 Å². The Morgan fingerprint density at radius 2 is 1.88 bits per heavy atom. The number of fused-ring (bicyclic) bond motifs is 4. The number of hydrogen-bond acceptors (Lipinski definition) is 2. The lowest BCUT2D eigenvalue weighted by Gasteiger charge is -2.67. The molecule has 1 spiro atoms. The fraction of sp³-hybridized carbons (Fsp3) is 0.913. The summed E-state index contributed by atoms with van der Waals surface area (Å²) < 4.78 is 6.81. The lowest BCUT2D eigenvalue weighted by atomic mass is 9.45. The maximum atomic E-state index is 10.2. The van der Waals surface area contributed by atoms with E-state index in [0.29, 0.717) is 5.41 Å². The van der Waals surface area contributed by atoms with Crippen LogP contribution >= 0.6 is 0 Å². The van der Waals surface area contributed by atoms with Crippen LogP contribution in [0.1, 0.15) is 78.1 Å². The summed E-state index contributed by atoms with van der Waals surface area (Å²) in [6.45, 7) is 8.88. The molecular formula is C23H36O2. The van der Waals surface area contributed by atoms with Crippen molar-refractivity contribution in [3.05, 3.63) is 12.7 Å². The maximum Gasteiger partial charge on any atom is 0.0776 e. The molecule has 1 unspecified atom stereocenters. The van der Waals surface area contributed by atoms with Gasteiger partial charge in [0.05, 0.1) is 17.3 Å². The number of ether oxygens (including phenoxy) is 1. The Morgan fingerprint density at radius 3 is 2.68 bits per heavy atom. The van der Waals surface area contributed by atoms with Gasteiger partial charge in [0.2, 0.25) is 0 Å². The normalized spacial score (nSPS) is 59.8. The molecule has 140 valence electrons. The number of aliphatic hydroxyl groups excluding tert-OH is 1. The fourth-order valence-electron chi connectivity index (χ4n) is 8.79. The molecule has 25 heavy (non-hydrogen) atoms. The van der Waals surface area contributed by atoms with Gasteiger partial charge in [-0.25, -0.2) is 0 Å². The molecule has 4 aliphatic carbocycles. The molecule has 5 fully saturated rings. The molecule has 1 heterocycles. The molecule has 0 radical (unpaired) electrons. The van der Waals surface area contributed by atoms with Gasteiger partial charge in [-0.3, -0.25) is 0 Å². The van der Waals surface area contributed by atoms with E-state index >= 15 is 0 Å². The van der Waals surface area contributed by atoms with E-state index in [-0.39, 0.29) is 17.3 Å². The monoisotopic (exact) mass is 344 g/mol. The lowest BCUT2D eigenvalue weighted by Crippen LogP contribution is -2.70. The minimum absolute atomic E-state index is 0.0324. The van der Waals surface area contributed by atoms with E-state index < -0.39 is 0 Å². The number of hydrogen-bond donors (Lipinski definition) is 1. The predicted molar refractivity (Wildman–Crippen MR) is 100 cm³/mol. The zero-order valence-electron chi connectivity index (χ0n) is 16.2. The van der Waals surface area contributed by atoms with Crippen LogP contribution in [0.5, 0.6) is 0 Å². The Labute approximate surface area is 153 Å². The van der Waals surface area contributed by atoms with E-state index in [2.05, 4.69) is 26.5 Å². The van der Waals surface area contributed by atoms with Gasteiger partial charge in [0, 0.05) is 5.92 Å². The molecule has 9 atom stereocenters. The van der Waals surface area contributed by atoms with Gasteiger partial charge in [-0.2, -0.15) is 0 Å². The molecule has 1 aliphatic heterocycles. The second-order valence-corrected chi connectivity index (χ2v) is 10.6. The second-order valence-electron chi connectivity index (χ2n) is 10.6. The summed E-state index contributed by atoms with van der Waals surface area (Å²) in [5, 5.41) is 10.2. The molecule has 0 bridgehead atoms. The van der Waals surface area contributed by atoms with Crippen molar-refractivity contribution in [1.82, 2.24) is 0 Å². The van der Waals surface area contributed by atoms with Crippen molar-refractivity contribution in [2.45, 2.75) is 95.4 Å². The van der Waals surface area contributed by atoms with Gasteiger partial charge in [0.1, 0.15) is 0 Å². The Hall–Kier alpha value is -0.340. The zero-order chi connectivity index (χ0) is 17.4. The first-order valence-corrected chi connectivity index (χ1v) is 10.9. The molecule has 0 aromatic rings. The van der Waals surface area contributed by atoms with E-state index in [1.165, 1.54) is 44.9 Å². The van der Waals surface area contributed by atoms with Crippen LogP contribution in [-0.2, 0) is 4.74 Å². The molecule has 1 saturated heterocycles. The van der Waals surface area contributed by atoms with E-state index in [0.717, 1.165) is 48.9 Å². The van der Waals surface area contributed by atoms with Crippen molar-refractivity contribution >= 4 is 0 Å². The quantitative estimate of drug-likeness (QED) is 0.706. The topological polar surface area (TPSA) is 29.5 Å². The molecule has 2 heteroatoms. The highest BCUT2D eigenvalue weighted by Gasteiger charge is 2.71. The summed E-state index contributed by atoms with van der Waals surface area (Å²) >= 11 is 0. The van der Waals surface area contributed by atoms with E-state index in [1.807, 2.05) is 0 Å². The summed E-state index contributed by atoms with van der Waals surface area (Å²) in [6.07, 6.45) is 14.5. The highest BCUT2D eigenvalue weighted by atomic mass is 16.6. The number of aliphatic hydroxyl groups is 1. The molecule has 5 rings (SSSR count). The molecule has 0 amide bonds. The molecule has 0 aromatic carbocycles. The van der Waals surface area contributed by atoms with Gasteiger partial charge in [0.25, 0.3) is 0 Å². The first-order chi connectivity index (χ1) is 11.9. The van der Waals surface area contributed by atoms with Crippen molar-refractivity contribution in [2.24, 2.45) is 35.0 Å². The van der Waals surface area contributed by atoms with Gasteiger partial charge in [0.15, 0.2) is 0 Å². The van der Waals surface area contributed by atoms with Crippen LogP contribution in [0.25, 0.3) is 0 Å². The second kappa shape index (κ2) is 5.35. The first-order valence-electron chi connectivity index (χ1n) is 10.9. The standard InChI is InChI=1S/C23H36O2/c1-4-11-22(3)20-8-7-19-17-6-5-15-14-16(24)9-12-21(15,2)18(17)10-13-23(19,20)25-22/h4,15-20,24H,1,5-14H2,2-3H3/t15-,16+,17+,18-,19-,20+,21-,22?,23+/m0/s1. The molecule has 4 saturated carbocycles. The van der Waals surface area contributed by atoms with E-state index in [9.17, 15) is 5.11 Å². The predicted octanol–water partition coefficient (Wildman–Crippen LogP) is 5.10. The molecule has 1 N–H and O–H groups in total. The lowest BCUT2D eigenvalue weighted by molar-refractivity contribution is -0.340. The first kappa shape index (κ1) is 16.8.